The maximum absolute atomic E-state index is 13.1. The van der Waals surface area contributed by atoms with E-state index in [2.05, 4.69) is 150 Å². The lowest BCUT2D eigenvalue weighted by molar-refractivity contribution is -0.128. The highest BCUT2D eigenvalue weighted by molar-refractivity contribution is 6.00. The first-order valence-electron chi connectivity index (χ1n) is 28.0. The number of carbonyl (C=O) groups excluding carboxylic acids is 5. The molecule has 3 aromatic heterocycles. The Labute approximate surface area is 477 Å². The van der Waals surface area contributed by atoms with E-state index >= 15 is 0 Å². The van der Waals surface area contributed by atoms with Crippen molar-refractivity contribution >= 4 is 81.7 Å². The molecule has 6 amide bonds. The number of nitrogens with zero attached hydrogens (tertiary/aromatic N) is 2. The van der Waals surface area contributed by atoms with E-state index in [9.17, 15) is 24.0 Å². The molecule has 420 valence electrons. The number of anilines is 1. The van der Waals surface area contributed by atoms with E-state index in [0.717, 1.165) is 95.8 Å². The van der Waals surface area contributed by atoms with Gasteiger partial charge in [-0.05, 0) is 129 Å². The number of nitrogens with one attached hydrogen (secondary N) is 10. The minimum atomic E-state index is -0.741. The van der Waals surface area contributed by atoms with Crippen molar-refractivity contribution in [2.45, 2.75) is 51.0 Å². The van der Waals surface area contributed by atoms with Gasteiger partial charge in [-0.15, -0.1) is 0 Å². The Kier molecular flexibility index (Phi) is 20.0. The van der Waals surface area contributed by atoms with Crippen LogP contribution in [0, 0.1) is 0 Å². The Morgan fingerprint density at radius 2 is 0.854 bits per heavy atom. The van der Waals surface area contributed by atoms with Gasteiger partial charge in [-0.3, -0.25) is 19.2 Å². The van der Waals surface area contributed by atoms with Gasteiger partial charge in [-0.2, -0.15) is 0 Å². The summed E-state index contributed by atoms with van der Waals surface area (Å²) in [5.74, 6) is -0.880. The highest BCUT2D eigenvalue weighted by Gasteiger charge is 2.22. The number of unbranched alkanes of at least 4 members (excludes halogenated alkanes) is 3. The zero-order valence-electron chi connectivity index (χ0n) is 46.3. The van der Waals surface area contributed by atoms with Gasteiger partial charge in [0.25, 0.3) is 0 Å². The second-order valence-corrected chi connectivity index (χ2v) is 20.0. The minimum absolute atomic E-state index is 0.0659. The molecule has 9 rings (SSSR count). The number of hydrogen-bond acceptors (Lipinski definition) is 9. The van der Waals surface area contributed by atoms with Crippen LogP contribution in [0.1, 0.15) is 67.7 Å². The van der Waals surface area contributed by atoms with Crippen LogP contribution in [0.25, 0.3) is 90.9 Å². The molecule has 8 bridgehead atoms. The molecule has 0 unspecified atom stereocenters. The average molecular weight is 1100 g/mol. The highest BCUT2D eigenvalue weighted by atomic mass is 16.2. The fourth-order valence-electron chi connectivity index (χ4n) is 10.1. The number of H-pyrrole nitrogens is 2. The number of likely N-dealkylation sites (N-methyl/N-ethyl adjacent to an activating group) is 2. The first kappa shape index (κ1) is 57.2. The quantitative estimate of drug-likeness (QED) is 0.0245. The summed E-state index contributed by atoms with van der Waals surface area (Å²) in [4.78, 5) is 80.9. The monoisotopic (exact) mass is 1100 g/mol. The molecular formula is C65H70N12O5. The number of hydrogen-bond donors (Lipinski definition) is 10. The molecule has 82 heavy (non-hydrogen) atoms. The van der Waals surface area contributed by atoms with Gasteiger partial charge in [0.1, 0.15) is 6.04 Å². The van der Waals surface area contributed by atoms with Crippen LogP contribution >= 0.6 is 0 Å². The van der Waals surface area contributed by atoms with E-state index in [1.807, 2.05) is 66.7 Å². The zero-order chi connectivity index (χ0) is 57.0. The van der Waals surface area contributed by atoms with Gasteiger partial charge in [0, 0.05) is 82.6 Å². The summed E-state index contributed by atoms with van der Waals surface area (Å²) in [6.45, 7) is 1.62. The lowest BCUT2D eigenvalue weighted by Gasteiger charge is -2.19. The van der Waals surface area contributed by atoms with Crippen molar-refractivity contribution in [1.29, 1.82) is 0 Å². The van der Waals surface area contributed by atoms with Gasteiger partial charge >= 0.3 is 6.03 Å². The van der Waals surface area contributed by atoms with Gasteiger partial charge < -0.3 is 52.5 Å². The summed E-state index contributed by atoms with van der Waals surface area (Å²) in [5.41, 5.74) is 15.3. The molecular weight excluding hydrogens is 1030 g/mol. The number of aromatic amines is 2. The van der Waals surface area contributed by atoms with E-state index in [1.165, 1.54) is 0 Å². The molecule has 0 radical (unpaired) electrons. The minimum Gasteiger partial charge on any atom is -0.356 e. The molecule has 7 aromatic rings. The van der Waals surface area contributed by atoms with Crippen molar-refractivity contribution in [3.63, 3.8) is 0 Å². The van der Waals surface area contributed by atoms with Crippen LogP contribution in [0.5, 0.6) is 0 Å². The van der Waals surface area contributed by atoms with E-state index in [-0.39, 0.29) is 55.8 Å². The lowest BCUT2D eigenvalue weighted by Crippen LogP contribution is -2.50. The maximum atomic E-state index is 13.1. The molecule has 17 heteroatoms. The highest BCUT2D eigenvalue weighted by Crippen LogP contribution is 2.38. The topological polar surface area (TPSA) is 239 Å². The molecule has 10 N–H and O–H groups in total. The van der Waals surface area contributed by atoms with Gasteiger partial charge in [-0.1, -0.05) is 110 Å². The van der Waals surface area contributed by atoms with E-state index in [1.54, 1.807) is 14.1 Å². The van der Waals surface area contributed by atoms with E-state index < -0.39 is 6.04 Å². The second kappa shape index (κ2) is 28.6. The molecule has 0 aliphatic carbocycles. The molecule has 0 fully saturated rings. The number of fused-ring (bicyclic) bond motifs is 8. The van der Waals surface area contributed by atoms with Crippen molar-refractivity contribution < 1.29 is 24.0 Å². The Balaban J connectivity index is 0.849. The molecule has 0 saturated heterocycles. The number of carbonyl (C=O) groups is 5. The van der Waals surface area contributed by atoms with Crippen molar-refractivity contribution in [1.82, 2.24) is 57.2 Å². The van der Waals surface area contributed by atoms with Crippen LogP contribution < -0.4 is 42.5 Å². The van der Waals surface area contributed by atoms with Crippen LogP contribution in [-0.4, -0.2) is 109 Å². The van der Waals surface area contributed by atoms with Crippen LogP contribution in [0.4, 0.5) is 10.5 Å². The molecule has 5 heterocycles. The van der Waals surface area contributed by atoms with Crippen molar-refractivity contribution in [3.8, 4) is 44.5 Å². The number of urea groups is 1. The van der Waals surface area contributed by atoms with Crippen LogP contribution in [-0.2, 0) is 19.2 Å². The first-order chi connectivity index (χ1) is 40.1. The Hall–Kier alpha value is -9.45. The van der Waals surface area contributed by atoms with Crippen LogP contribution in [0.3, 0.4) is 0 Å². The largest absolute Gasteiger partial charge is 0.356 e. The number of amides is 6. The zero-order valence-corrected chi connectivity index (χ0v) is 46.3. The van der Waals surface area contributed by atoms with E-state index in [0.29, 0.717) is 57.3 Å². The summed E-state index contributed by atoms with van der Waals surface area (Å²) in [6, 6.07) is 46.2. The SMILES string of the molecule is CNCC(=O)NCCNC(=O)[C@H](CCCCNC(=O)CCCCCNC(=O)Nc1ccc(-c2c3nc(c(-c4ccccc4)c4ccc([nH]4)c(-c4ccccc4)c4nc(c(-c5ccccc5)c5ccc2[nH]5)C=C4)C=C3)cc1)NC(=O)CNC. The average Bonchev–Trinajstić information content (AvgIpc) is 4.47. The predicted molar refractivity (Wildman–Crippen MR) is 329 cm³/mol. The van der Waals surface area contributed by atoms with E-state index in [4.69, 9.17) is 9.97 Å². The number of aromatic nitrogens is 4. The third-order valence-corrected chi connectivity index (χ3v) is 14.1. The Morgan fingerprint density at radius 3 is 1.34 bits per heavy atom. The lowest BCUT2D eigenvalue weighted by atomic mass is 10.0. The fraction of sp³-hybridized carbons (Fsp3) is 0.246. The molecule has 0 spiro atoms. The molecule has 2 aliphatic rings. The summed E-state index contributed by atoms with van der Waals surface area (Å²) >= 11 is 0. The fourth-order valence-corrected chi connectivity index (χ4v) is 10.1. The molecule has 17 nitrogen and oxygen atoms in total. The standard InChI is InChI=1S/C65H70N12O5/c1-66-41-58(79)69-39-40-70-64(81)56(77-59(80)42-67-2)23-14-16-37-68-57(78)24-13-6-15-38-71-65(82)72-47-27-25-46(26-28-47)63-54-35-33-52(75-54)61(44-19-9-4-10-20-44)50-31-29-48(73-50)60(43-17-7-3-8-18-43)49-30-32-51(74-49)62(45-21-11-5-12-22-45)53-34-36-55(63)76-53/h3-5,7-12,17-22,25-36,56,66-67,73,76H,6,13-16,23-24,37-42H2,1-2H3,(H,68,78)(H,69,79)(H,70,81)(H,77,80)(H2,71,72,82)/t56-/m0/s1. The van der Waals surface area contributed by atoms with Crippen molar-refractivity contribution in [2.24, 2.45) is 0 Å². The third kappa shape index (κ3) is 15.1. The van der Waals surface area contributed by atoms with Crippen molar-refractivity contribution in [3.05, 3.63) is 162 Å². The smallest absolute Gasteiger partial charge is 0.319 e. The van der Waals surface area contributed by atoms with Gasteiger partial charge in [0.05, 0.1) is 35.9 Å². The van der Waals surface area contributed by atoms with Crippen molar-refractivity contribution in [2.75, 3.05) is 58.7 Å². The summed E-state index contributed by atoms with van der Waals surface area (Å²) < 4.78 is 0. The van der Waals surface area contributed by atoms with Crippen LogP contribution in [0.15, 0.2) is 140 Å². The van der Waals surface area contributed by atoms with Gasteiger partial charge in [0.2, 0.25) is 23.6 Å². The number of rotatable bonds is 25. The normalized spacial score (nSPS) is 11.9. The van der Waals surface area contributed by atoms with Gasteiger partial charge in [0.15, 0.2) is 0 Å². The third-order valence-electron chi connectivity index (χ3n) is 14.1. The predicted octanol–water partition coefficient (Wildman–Crippen LogP) is 9.45. The summed E-state index contributed by atoms with van der Waals surface area (Å²) in [5, 5.41) is 22.6. The molecule has 0 saturated carbocycles. The van der Waals surface area contributed by atoms with Crippen LogP contribution in [0.2, 0.25) is 0 Å². The molecule has 1 atom stereocenters. The molecule has 4 aromatic carbocycles. The number of benzene rings is 4. The Morgan fingerprint density at radius 1 is 0.427 bits per heavy atom. The molecule has 2 aliphatic heterocycles. The Bertz CT molecular complexity index is 3560. The van der Waals surface area contributed by atoms with Gasteiger partial charge in [-0.25, -0.2) is 14.8 Å². The first-order valence-corrected chi connectivity index (χ1v) is 28.0. The second-order valence-electron chi connectivity index (χ2n) is 20.0. The summed E-state index contributed by atoms with van der Waals surface area (Å²) in [7, 11) is 3.32. The summed E-state index contributed by atoms with van der Waals surface area (Å²) in [6.07, 6.45) is 12.4. The maximum Gasteiger partial charge on any atom is 0.319 e.